The highest BCUT2D eigenvalue weighted by Crippen LogP contribution is 2.23. The van der Waals surface area contributed by atoms with E-state index in [1.807, 2.05) is 26.0 Å². The second-order valence-electron chi connectivity index (χ2n) is 6.70. The van der Waals surface area contributed by atoms with Gasteiger partial charge in [0, 0.05) is 32.7 Å². The average molecular weight is 397 g/mol. The molecule has 0 atom stereocenters. The number of benzene rings is 2. The number of halogens is 2. The largest absolute Gasteiger partial charge is 0.296 e. The predicted molar refractivity (Wildman–Crippen MR) is 101 cm³/mol. The molecule has 0 radical (unpaired) electrons. The summed E-state index contributed by atoms with van der Waals surface area (Å²) < 4.78 is 40.6. The Labute approximate surface area is 159 Å². The fourth-order valence-electron chi connectivity index (χ4n) is 3.25. The summed E-state index contributed by atoms with van der Waals surface area (Å²) >= 11 is 5.83. The van der Waals surface area contributed by atoms with E-state index in [0.717, 1.165) is 16.7 Å². The minimum Gasteiger partial charge on any atom is -0.296 e. The summed E-state index contributed by atoms with van der Waals surface area (Å²) in [6.07, 6.45) is 0. The van der Waals surface area contributed by atoms with Gasteiger partial charge in [0.15, 0.2) is 0 Å². The van der Waals surface area contributed by atoms with Gasteiger partial charge in [-0.2, -0.15) is 4.31 Å². The standard InChI is InChI=1S/C19H22ClFN2O2S/c1-14-3-6-19(15(2)11-14)26(24,25)23-9-7-22(8-10-23)13-16-4-5-18(21)17(20)12-16/h3-6,11-12H,7-10,13H2,1-2H3. The Morgan fingerprint density at radius 3 is 2.35 bits per heavy atom. The van der Waals surface area contributed by atoms with E-state index in [0.29, 0.717) is 37.6 Å². The molecule has 0 unspecified atom stereocenters. The van der Waals surface area contributed by atoms with Crippen molar-refractivity contribution in [1.29, 1.82) is 0 Å². The maximum Gasteiger partial charge on any atom is 0.243 e. The molecular weight excluding hydrogens is 375 g/mol. The zero-order valence-corrected chi connectivity index (χ0v) is 16.4. The summed E-state index contributed by atoms with van der Waals surface area (Å²) in [4.78, 5) is 2.53. The van der Waals surface area contributed by atoms with Crippen LogP contribution in [0.4, 0.5) is 4.39 Å². The Morgan fingerprint density at radius 1 is 1.04 bits per heavy atom. The Balaban J connectivity index is 1.66. The van der Waals surface area contributed by atoms with Crippen LogP contribution in [-0.4, -0.2) is 43.8 Å². The van der Waals surface area contributed by atoms with Gasteiger partial charge in [-0.3, -0.25) is 4.90 Å². The molecule has 1 heterocycles. The molecule has 26 heavy (non-hydrogen) atoms. The monoisotopic (exact) mass is 396 g/mol. The van der Waals surface area contributed by atoms with E-state index in [2.05, 4.69) is 4.90 Å². The lowest BCUT2D eigenvalue weighted by Crippen LogP contribution is -2.48. The molecule has 1 fully saturated rings. The summed E-state index contributed by atoms with van der Waals surface area (Å²) in [5.41, 5.74) is 2.74. The fraction of sp³-hybridized carbons (Fsp3) is 0.368. The molecule has 2 aromatic carbocycles. The molecule has 0 bridgehead atoms. The lowest BCUT2D eigenvalue weighted by atomic mass is 10.2. The minimum atomic E-state index is -3.48. The van der Waals surface area contributed by atoms with Gasteiger partial charge in [-0.25, -0.2) is 12.8 Å². The van der Waals surface area contributed by atoms with E-state index in [9.17, 15) is 12.8 Å². The smallest absolute Gasteiger partial charge is 0.243 e. The average Bonchev–Trinajstić information content (AvgIpc) is 2.58. The van der Waals surface area contributed by atoms with Crippen LogP contribution in [-0.2, 0) is 16.6 Å². The van der Waals surface area contributed by atoms with E-state index < -0.39 is 15.8 Å². The lowest BCUT2D eigenvalue weighted by Gasteiger charge is -2.34. The van der Waals surface area contributed by atoms with Gasteiger partial charge in [0.05, 0.1) is 9.92 Å². The Bertz CT molecular complexity index is 910. The van der Waals surface area contributed by atoms with Crippen molar-refractivity contribution in [1.82, 2.24) is 9.21 Å². The molecular formula is C19H22ClFN2O2S. The number of hydrogen-bond acceptors (Lipinski definition) is 3. The summed E-state index contributed by atoms with van der Waals surface area (Å²) in [5.74, 6) is -0.431. The van der Waals surface area contributed by atoms with Gasteiger partial charge in [0.1, 0.15) is 5.82 Å². The van der Waals surface area contributed by atoms with E-state index >= 15 is 0 Å². The number of nitrogens with zero attached hydrogens (tertiary/aromatic N) is 2. The van der Waals surface area contributed by atoms with Crippen LogP contribution in [0.3, 0.4) is 0 Å². The number of piperazine rings is 1. The first kappa shape index (κ1) is 19.3. The van der Waals surface area contributed by atoms with Crippen LogP contribution < -0.4 is 0 Å². The molecule has 4 nitrogen and oxygen atoms in total. The summed E-state index contributed by atoms with van der Waals surface area (Å²) in [6, 6.07) is 10.1. The van der Waals surface area contributed by atoms with Crippen molar-refractivity contribution >= 4 is 21.6 Å². The van der Waals surface area contributed by atoms with Gasteiger partial charge < -0.3 is 0 Å². The third-order valence-electron chi connectivity index (χ3n) is 4.67. The molecule has 7 heteroatoms. The molecule has 1 aliphatic rings. The van der Waals surface area contributed by atoms with Crippen molar-refractivity contribution in [3.63, 3.8) is 0 Å². The first-order valence-electron chi connectivity index (χ1n) is 8.51. The molecule has 0 aromatic heterocycles. The quantitative estimate of drug-likeness (QED) is 0.792. The number of hydrogen-bond donors (Lipinski definition) is 0. The third-order valence-corrected chi connectivity index (χ3v) is 7.02. The van der Waals surface area contributed by atoms with Gasteiger partial charge in [-0.1, -0.05) is 35.4 Å². The van der Waals surface area contributed by atoms with Crippen LogP contribution in [0.15, 0.2) is 41.3 Å². The number of aryl methyl sites for hydroxylation is 2. The molecule has 3 rings (SSSR count). The predicted octanol–water partition coefficient (Wildman–Crippen LogP) is 3.60. The summed E-state index contributed by atoms with van der Waals surface area (Å²) in [7, 11) is -3.48. The van der Waals surface area contributed by atoms with Crippen LogP contribution in [0.5, 0.6) is 0 Å². The van der Waals surface area contributed by atoms with Crippen LogP contribution in [0, 0.1) is 19.7 Å². The van der Waals surface area contributed by atoms with Crippen LogP contribution in [0.1, 0.15) is 16.7 Å². The maximum atomic E-state index is 13.3. The minimum absolute atomic E-state index is 0.110. The van der Waals surface area contributed by atoms with E-state index in [4.69, 9.17) is 11.6 Å². The van der Waals surface area contributed by atoms with Gasteiger partial charge in [0.25, 0.3) is 0 Å². The third kappa shape index (κ3) is 4.09. The second kappa shape index (κ2) is 7.64. The van der Waals surface area contributed by atoms with Crippen molar-refractivity contribution in [2.24, 2.45) is 0 Å². The molecule has 0 spiro atoms. The van der Waals surface area contributed by atoms with Crippen molar-refractivity contribution in [3.8, 4) is 0 Å². The zero-order chi connectivity index (χ0) is 18.9. The highest BCUT2D eigenvalue weighted by Gasteiger charge is 2.29. The Morgan fingerprint density at radius 2 is 1.73 bits per heavy atom. The number of rotatable bonds is 4. The highest BCUT2D eigenvalue weighted by molar-refractivity contribution is 7.89. The van der Waals surface area contributed by atoms with Crippen molar-refractivity contribution in [2.75, 3.05) is 26.2 Å². The van der Waals surface area contributed by atoms with Crippen LogP contribution >= 0.6 is 11.6 Å². The first-order valence-corrected chi connectivity index (χ1v) is 10.3. The van der Waals surface area contributed by atoms with Crippen LogP contribution in [0.25, 0.3) is 0 Å². The number of sulfonamides is 1. The van der Waals surface area contributed by atoms with Crippen molar-refractivity contribution in [3.05, 3.63) is 63.9 Å². The van der Waals surface area contributed by atoms with Gasteiger partial charge >= 0.3 is 0 Å². The molecule has 0 saturated carbocycles. The highest BCUT2D eigenvalue weighted by atomic mass is 35.5. The van der Waals surface area contributed by atoms with Crippen molar-refractivity contribution in [2.45, 2.75) is 25.3 Å². The topological polar surface area (TPSA) is 40.6 Å². The lowest BCUT2D eigenvalue weighted by molar-refractivity contribution is 0.181. The zero-order valence-electron chi connectivity index (χ0n) is 14.9. The molecule has 1 aliphatic heterocycles. The van der Waals surface area contributed by atoms with Crippen molar-refractivity contribution < 1.29 is 12.8 Å². The summed E-state index contributed by atoms with van der Waals surface area (Å²) in [6.45, 7) is 6.52. The first-order chi connectivity index (χ1) is 12.3. The molecule has 0 amide bonds. The van der Waals surface area contributed by atoms with Gasteiger partial charge in [-0.05, 0) is 43.2 Å². The normalized spacial score (nSPS) is 16.8. The van der Waals surface area contributed by atoms with E-state index in [1.54, 1.807) is 22.5 Å². The Hall–Kier alpha value is -1.47. The van der Waals surface area contributed by atoms with E-state index in [1.165, 1.54) is 6.07 Å². The molecule has 2 aromatic rings. The molecule has 0 aliphatic carbocycles. The van der Waals surface area contributed by atoms with Gasteiger partial charge in [0.2, 0.25) is 10.0 Å². The maximum absolute atomic E-state index is 13.3. The molecule has 140 valence electrons. The van der Waals surface area contributed by atoms with Gasteiger partial charge in [-0.15, -0.1) is 0 Å². The molecule has 1 saturated heterocycles. The second-order valence-corrected chi connectivity index (χ2v) is 9.01. The van der Waals surface area contributed by atoms with Crippen LogP contribution in [0.2, 0.25) is 5.02 Å². The van der Waals surface area contributed by atoms with E-state index in [-0.39, 0.29) is 5.02 Å². The molecule has 0 N–H and O–H groups in total. The SMILES string of the molecule is Cc1ccc(S(=O)(=O)N2CCN(Cc3ccc(F)c(Cl)c3)CC2)c(C)c1. The Kier molecular flexibility index (Phi) is 5.67. The summed E-state index contributed by atoms with van der Waals surface area (Å²) in [5, 5.41) is 0.110. The fourth-order valence-corrected chi connectivity index (χ4v) is 5.08.